The van der Waals surface area contributed by atoms with Crippen molar-refractivity contribution in [2.24, 2.45) is 0 Å². The van der Waals surface area contributed by atoms with E-state index in [0.29, 0.717) is 30.2 Å². The molecule has 9 heteroatoms. The van der Waals surface area contributed by atoms with Gasteiger partial charge in [0.1, 0.15) is 12.4 Å². The zero-order valence-corrected chi connectivity index (χ0v) is 20.7. The van der Waals surface area contributed by atoms with E-state index < -0.39 is 0 Å². The highest BCUT2D eigenvalue weighted by molar-refractivity contribution is 7.98. The summed E-state index contributed by atoms with van der Waals surface area (Å²) in [5.41, 5.74) is 5.04. The first kappa shape index (κ1) is 22.9. The first-order valence-electron chi connectivity index (χ1n) is 11.5. The zero-order chi connectivity index (χ0) is 24.2. The molecule has 3 heterocycles. The maximum Gasteiger partial charge on any atom is 0.228 e. The summed E-state index contributed by atoms with van der Waals surface area (Å²) in [6.45, 7) is 5.32. The normalized spacial score (nSPS) is 11.3. The van der Waals surface area contributed by atoms with E-state index in [9.17, 15) is 0 Å². The van der Waals surface area contributed by atoms with Gasteiger partial charge in [-0.3, -0.25) is 0 Å². The van der Waals surface area contributed by atoms with Crippen molar-refractivity contribution in [1.82, 2.24) is 29.4 Å². The molecule has 0 atom stereocenters. The summed E-state index contributed by atoms with van der Waals surface area (Å²) in [6, 6.07) is 18.1. The van der Waals surface area contributed by atoms with Crippen molar-refractivity contribution in [2.45, 2.75) is 38.1 Å². The minimum Gasteiger partial charge on any atom is -0.489 e. The van der Waals surface area contributed by atoms with Crippen molar-refractivity contribution < 1.29 is 4.74 Å². The molecule has 8 nitrogen and oxygen atoms in total. The molecule has 5 rings (SSSR count). The van der Waals surface area contributed by atoms with Crippen LogP contribution in [0.15, 0.2) is 78.3 Å². The molecule has 0 aliphatic heterocycles. The van der Waals surface area contributed by atoms with E-state index in [1.165, 1.54) is 11.8 Å². The van der Waals surface area contributed by atoms with Crippen LogP contribution < -0.4 is 10.1 Å². The van der Waals surface area contributed by atoms with Gasteiger partial charge in [-0.2, -0.15) is 19.7 Å². The summed E-state index contributed by atoms with van der Waals surface area (Å²) in [7, 11) is 0. The minimum absolute atomic E-state index is 0.319. The second kappa shape index (κ2) is 10.2. The predicted octanol–water partition coefficient (Wildman–Crippen LogP) is 5.35. The Morgan fingerprint density at radius 2 is 1.89 bits per heavy atom. The number of aromatic nitrogens is 6. The van der Waals surface area contributed by atoms with Crippen molar-refractivity contribution in [2.75, 3.05) is 11.6 Å². The lowest BCUT2D eigenvalue weighted by atomic mass is 10.1. The fourth-order valence-corrected chi connectivity index (χ4v) is 4.17. The molecule has 0 unspecified atom stereocenters. The van der Waals surface area contributed by atoms with Gasteiger partial charge in [0.05, 0.1) is 11.9 Å². The van der Waals surface area contributed by atoms with Crippen LogP contribution in [0.4, 0.5) is 5.95 Å². The lowest BCUT2D eigenvalue weighted by Gasteiger charge is -2.15. The molecule has 2 aromatic carbocycles. The van der Waals surface area contributed by atoms with Gasteiger partial charge >= 0.3 is 0 Å². The quantitative estimate of drug-likeness (QED) is 0.282. The van der Waals surface area contributed by atoms with Crippen LogP contribution in [0.1, 0.15) is 36.5 Å². The summed E-state index contributed by atoms with van der Waals surface area (Å²) < 4.78 is 9.69. The second-order valence-electron chi connectivity index (χ2n) is 8.39. The second-order valence-corrected chi connectivity index (χ2v) is 9.17. The Morgan fingerprint density at radius 1 is 1.03 bits per heavy atom. The third-order valence-corrected chi connectivity index (χ3v) is 6.22. The fraction of sp³-hybridized carbons (Fsp3) is 0.231. The number of rotatable bonds is 9. The van der Waals surface area contributed by atoms with Crippen LogP contribution in [-0.4, -0.2) is 35.6 Å². The first-order chi connectivity index (χ1) is 17.1. The molecule has 0 saturated carbocycles. The highest BCUT2D eigenvalue weighted by atomic mass is 32.2. The highest BCUT2D eigenvalue weighted by Gasteiger charge is 2.16. The molecule has 5 aromatic rings. The molecular formula is C26H27N7OS. The van der Waals surface area contributed by atoms with Crippen molar-refractivity contribution in [3.63, 3.8) is 0 Å². The number of hydrogen-bond acceptors (Lipinski definition) is 7. The lowest BCUT2D eigenvalue weighted by molar-refractivity contribution is 0.306. The topological polar surface area (TPSA) is 82.2 Å². The van der Waals surface area contributed by atoms with E-state index in [0.717, 1.165) is 33.8 Å². The van der Waals surface area contributed by atoms with E-state index in [1.807, 2.05) is 59.7 Å². The van der Waals surface area contributed by atoms with Gasteiger partial charge in [0.15, 0.2) is 10.8 Å². The minimum atomic E-state index is 0.319. The Bertz CT molecular complexity index is 1410. The molecule has 0 fully saturated rings. The van der Waals surface area contributed by atoms with Crippen molar-refractivity contribution in [3.8, 4) is 11.4 Å². The Balaban J connectivity index is 1.42. The van der Waals surface area contributed by atoms with Crippen LogP contribution in [0.25, 0.3) is 11.3 Å². The number of fused-ring (bicyclic) bond motifs is 1. The molecule has 0 aliphatic rings. The first-order valence-corrected chi connectivity index (χ1v) is 12.7. The van der Waals surface area contributed by atoms with Gasteiger partial charge in [0.25, 0.3) is 0 Å². The van der Waals surface area contributed by atoms with Crippen molar-refractivity contribution in [1.29, 1.82) is 0 Å². The monoisotopic (exact) mass is 485 g/mol. The van der Waals surface area contributed by atoms with Crippen LogP contribution in [0.5, 0.6) is 5.75 Å². The molecule has 35 heavy (non-hydrogen) atoms. The summed E-state index contributed by atoms with van der Waals surface area (Å²) >= 11 is 1.52. The molecule has 0 aliphatic carbocycles. The van der Waals surface area contributed by atoms with E-state index in [2.05, 4.69) is 57.5 Å². The van der Waals surface area contributed by atoms with Gasteiger partial charge in [-0.15, -0.1) is 0 Å². The third-order valence-electron chi connectivity index (χ3n) is 5.67. The van der Waals surface area contributed by atoms with Crippen LogP contribution >= 0.6 is 11.8 Å². The van der Waals surface area contributed by atoms with E-state index >= 15 is 0 Å². The molecule has 0 spiro atoms. The molecule has 0 saturated heterocycles. The van der Waals surface area contributed by atoms with E-state index in [4.69, 9.17) is 4.74 Å². The highest BCUT2D eigenvalue weighted by Crippen LogP contribution is 2.25. The SMILES string of the molecule is CSc1nc(NCc2ccc(OCc3ccccc3)cc2-n2cccn2)n2ncc(C(C)C)c2n1. The largest absolute Gasteiger partial charge is 0.489 e. The average molecular weight is 486 g/mol. The van der Waals surface area contributed by atoms with Crippen molar-refractivity contribution >= 4 is 23.4 Å². The standard InChI is InChI=1S/C26H27N7OS/c1-18(2)22-16-29-33-24(22)30-26(35-3)31-25(33)27-15-20-10-11-21(14-23(20)32-13-7-12-28-32)34-17-19-8-5-4-6-9-19/h4-14,16,18H,15,17H2,1-3H3,(H,27,30,31). The Kier molecular flexibility index (Phi) is 6.67. The van der Waals surface area contributed by atoms with Crippen LogP contribution in [0.2, 0.25) is 0 Å². The van der Waals surface area contributed by atoms with E-state index in [-0.39, 0.29) is 0 Å². The number of ether oxygens (including phenoxy) is 1. The number of benzene rings is 2. The average Bonchev–Trinajstić information content (AvgIpc) is 3.57. The van der Waals surface area contributed by atoms with Gasteiger partial charge < -0.3 is 10.1 Å². The molecule has 178 valence electrons. The Labute approximate surface area is 208 Å². The Morgan fingerprint density at radius 3 is 2.63 bits per heavy atom. The molecule has 0 bridgehead atoms. The molecule has 3 aromatic heterocycles. The third kappa shape index (κ3) is 5.00. The van der Waals surface area contributed by atoms with Gasteiger partial charge in [0, 0.05) is 30.6 Å². The van der Waals surface area contributed by atoms with Gasteiger partial charge in [-0.25, -0.2) is 9.67 Å². The predicted molar refractivity (Wildman–Crippen MR) is 138 cm³/mol. The van der Waals surface area contributed by atoms with E-state index in [1.54, 1.807) is 10.7 Å². The lowest BCUT2D eigenvalue weighted by Crippen LogP contribution is -2.12. The zero-order valence-electron chi connectivity index (χ0n) is 19.9. The van der Waals surface area contributed by atoms with Crippen LogP contribution in [0.3, 0.4) is 0 Å². The molecule has 0 amide bonds. The van der Waals surface area contributed by atoms with Gasteiger partial charge in [-0.1, -0.05) is 62.0 Å². The number of nitrogens with zero attached hydrogens (tertiary/aromatic N) is 6. The molecular weight excluding hydrogens is 458 g/mol. The number of hydrogen-bond donors (Lipinski definition) is 1. The number of thioether (sulfide) groups is 1. The Hall–Kier alpha value is -3.85. The maximum absolute atomic E-state index is 6.06. The van der Waals surface area contributed by atoms with Crippen LogP contribution in [0, 0.1) is 0 Å². The van der Waals surface area contributed by atoms with Gasteiger partial charge in [-0.05, 0) is 35.4 Å². The van der Waals surface area contributed by atoms with Crippen LogP contribution in [-0.2, 0) is 13.2 Å². The smallest absolute Gasteiger partial charge is 0.228 e. The summed E-state index contributed by atoms with van der Waals surface area (Å²) in [6.07, 6.45) is 7.55. The summed E-state index contributed by atoms with van der Waals surface area (Å²) in [5.74, 6) is 1.76. The fourth-order valence-electron chi connectivity index (χ4n) is 3.81. The molecule has 0 radical (unpaired) electrons. The summed E-state index contributed by atoms with van der Waals surface area (Å²) in [4.78, 5) is 9.36. The van der Waals surface area contributed by atoms with Crippen molar-refractivity contribution in [3.05, 3.63) is 89.9 Å². The maximum atomic E-state index is 6.06. The molecule has 1 N–H and O–H groups in total. The summed E-state index contributed by atoms with van der Waals surface area (Å²) in [5, 5.41) is 13.2. The number of anilines is 1. The number of nitrogens with one attached hydrogen (secondary N) is 1. The van der Waals surface area contributed by atoms with Gasteiger partial charge in [0.2, 0.25) is 5.95 Å².